The molecular formula is C24H17ClF3N3O4S. The monoisotopic (exact) mass is 535 g/mol. The van der Waals surface area contributed by atoms with E-state index >= 15 is 0 Å². The maximum Gasteiger partial charge on any atom is 0.291 e. The lowest BCUT2D eigenvalue weighted by Gasteiger charge is -2.09. The number of thiophene rings is 1. The Bertz CT molecular complexity index is 1500. The van der Waals surface area contributed by atoms with Gasteiger partial charge in [0.15, 0.2) is 5.76 Å². The zero-order valence-corrected chi connectivity index (χ0v) is 19.9. The number of anilines is 1. The highest BCUT2D eigenvalue weighted by Gasteiger charge is 2.32. The summed E-state index contributed by atoms with van der Waals surface area (Å²) in [4.78, 5) is 29.3. The molecule has 0 atom stereocenters. The summed E-state index contributed by atoms with van der Waals surface area (Å²) in [7, 11) is 0. The molecule has 1 aromatic carbocycles. The summed E-state index contributed by atoms with van der Waals surface area (Å²) in [5.41, 5.74) is 5.85. The third-order valence-corrected chi connectivity index (χ3v) is 6.96. The van der Waals surface area contributed by atoms with Crippen molar-refractivity contribution in [1.29, 1.82) is 0 Å². The zero-order chi connectivity index (χ0) is 25.6. The largest absolute Gasteiger partial charge is 0.484 e. The van der Waals surface area contributed by atoms with Gasteiger partial charge in [0.2, 0.25) is 0 Å². The predicted molar refractivity (Wildman–Crippen MR) is 127 cm³/mol. The Balaban J connectivity index is 1.41. The number of ether oxygens (including phenoxy) is 1. The number of halogens is 4. The van der Waals surface area contributed by atoms with Gasteiger partial charge in [-0.1, -0.05) is 11.6 Å². The molecule has 1 aliphatic carbocycles. The van der Waals surface area contributed by atoms with Crippen molar-refractivity contribution in [3.05, 3.63) is 74.9 Å². The SMILES string of the molecule is NC(=O)c1sc2nc(C(F)F)cc(C3CC3)c2c1NC(=O)c1ccc(COc2ccc(F)cc2Cl)o1. The van der Waals surface area contributed by atoms with Crippen molar-refractivity contribution in [3.63, 3.8) is 0 Å². The van der Waals surface area contributed by atoms with Gasteiger partial charge in [-0.05, 0) is 60.7 Å². The minimum Gasteiger partial charge on any atom is -0.484 e. The van der Waals surface area contributed by atoms with Crippen LogP contribution in [0, 0.1) is 5.82 Å². The molecule has 3 N–H and O–H groups in total. The fourth-order valence-corrected chi connectivity index (χ4v) is 5.01. The lowest BCUT2D eigenvalue weighted by molar-refractivity contribution is 0.0992. The number of aromatic nitrogens is 1. The van der Waals surface area contributed by atoms with Gasteiger partial charge in [-0.15, -0.1) is 11.3 Å². The molecule has 0 unspecified atom stereocenters. The van der Waals surface area contributed by atoms with Gasteiger partial charge in [0, 0.05) is 5.39 Å². The van der Waals surface area contributed by atoms with E-state index in [2.05, 4.69) is 10.3 Å². The highest BCUT2D eigenvalue weighted by Crippen LogP contribution is 2.48. The van der Waals surface area contributed by atoms with Crippen molar-refractivity contribution in [2.45, 2.75) is 31.8 Å². The molecule has 1 fully saturated rings. The standard InChI is InChI=1S/C24H17ClF3N3O4S/c25-14-7-11(26)3-5-16(14)34-9-12-4-6-17(35-12)23(33)31-19-18-13(10-1-2-10)8-15(21(27)28)30-24(18)36-20(19)22(29)32/h3-8,10,21H,1-2,9H2,(H2,29,32)(H,31,33). The van der Waals surface area contributed by atoms with E-state index in [4.69, 9.17) is 26.5 Å². The van der Waals surface area contributed by atoms with Crippen LogP contribution in [0.15, 0.2) is 40.8 Å². The molecule has 1 aliphatic rings. The first-order valence-corrected chi connectivity index (χ1v) is 11.9. The molecule has 3 heterocycles. The lowest BCUT2D eigenvalue weighted by atomic mass is 10.0. The summed E-state index contributed by atoms with van der Waals surface area (Å²) in [6.07, 6.45) is -1.18. The number of carbonyl (C=O) groups is 2. The van der Waals surface area contributed by atoms with Crippen molar-refractivity contribution in [2.75, 3.05) is 5.32 Å². The highest BCUT2D eigenvalue weighted by atomic mass is 35.5. The number of nitrogens with two attached hydrogens (primary N) is 1. The Labute approximate surface area is 211 Å². The Kier molecular flexibility index (Phi) is 6.35. The molecule has 4 aromatic rings. The molecule has 0 spiro atoms. The third kappa shape index (κ3) is 4.76. The number of carbonyl (C=O) groups excluding carboxylic acids is 2. The van der Waals surface area contributed by atoms with E-state index in [1.807, 2.05) is 0 Å². The van der Waals surface area contributed by atoms with Gasteiger partial charge in [0.05, 0.1) is 10.7 Å². The number of fused-ring (bicyclic) bond motifs is 1. The van der Waals surface area contributed by atoms with Gasteiger partial charge in [-0.3, -0.25) is 9.59 Å². The first-order valence-electron chi connectivity index (χ1n) is 10.7. The van der Waals surface area contributed by atoms with Crippen LogP contribution in [0.4, 0.5) is 18.9 Å². The van der Waals surface area contributed by atoms with Gasteiger partial charge in [0.1, 0.15) is 39.3 Å². The van der Waals surface area contributed by atoms with E-state index in [0.29, 0.717) is 10.9 Å². The van der Waals surface area contributed by atoms with E-state index in [1.165, 1.54) is 30.3 Å². The van der Waals surface area contributed by atoms with E-state index in [0.717, 1.165) is 30.2 Å². The van der Waals surface area contributed by atoms with E-state index in [1.54, 1.807) is 0 Å². The molecule has 5 rings (SSSR count). The fraction of sp³-hybridized carbons (Fsp3) is 0.208. The summed E-state index contributed by atoms with van der Waals surface area (Å²) in [5, 5.41) is 3.16. The molecule has 0 aliphatic heterocycles. The molecule has 186 valence electrons. The first kappa shape index (κ1) is 24.1. The van der Waals surface area contributed by atoms with Crippen LogP contribution in [0.5, 0.6) is 5.75 Å². The number of rotatable bonds is 8. The van der Waals surface area contributed by atoms with Crippen LogP contribution in [0.25, 0.3) is 10.2 Å². The number of primary amides is 1. The van der Waals surface area contributed by atoms with Gasteiger partial charge in [-0.2, -0.15) is 0 Å². The normalized spacial score (nSPS) is 13.4. The van der Waals surface area contributed by atoms with E-state index in [-0.39, 0.29) is 50.2 Å². The van der Waals surface area contributed by atoms with Crippen LogP contribution < -0.4 is 15.8 Å². The predicted octanol–water partition coefficient (Wildman–Crippen LogP) is 6.43. The summed E-state index contributed by atoms with van der Waals surface area (Å²) in [5.74, 6) is -1.54. The Morgan fingerprint density at radius 2 is 2.03 bits per heavy atom. The number of nitrogens with zero attached hydrogens (tertiary/aromatic N) is 1. The van der Waals surface area contributed by atoms with Gasteiger partial charge < -0.3 is 20.2 Å². The second-order valence-corrected chi connectivity index (χ2v) is 9.55. The highest BCUT2D eigenvalue weighted by molar-refractivity contribution is 7.21. The molecule has 7 nitrogen and oxygen atoms in total. The van der Waals surface area contributed by atoms with Gasteiger partial charge >= 0.3 is 0 Å². The third-order valence-electron chi connectivity index (χ3n) is 5.56. The fourth-order valence-electron chi connectivity index (χ4n) is 3.76. The van der Waals surface area contributed by atoms with Crippen molar-refractivity contribution in [2.24, 2.45) is 5.73 Å². The maximum absolute atomic E-state index is 13.4. The van der Waals surface area contributed by atoms with Gasteiger partial charge in [-0.25, -0.2) is 18.2 Å². The molecule has 0 saturated heterocycles. The van der Waals surface area contributed by atoms with E-state index < -0.39 is 29.8 Å². The summed E-state index contributed by atoms with van der Waals surface area (Å²) in [6.45, 7) is -0.0846. The average molecular weight is 536 g/mol. The maximum atomic E-state index is 13.4. The number of furan rings is 1. The van der Waals surface area contributed by atoms with E-state index in [9.17, 15) is 22.8 Å². The van der Waals surface area contributed by atoms with Crippen LogP contribution in [0.3, 0.4) is 0 Å². The van der Waals surface area contributed by atoms with Crippen LogP contribution in [-0.2, 0) is 6.61 Å². The van der Waals surface area contributed by atoms with Crippen LogP contribution in [0.1, 0.15) is 62.4 Å². The number of hydrogen-bond donors (Lipinski definition) is 2. The van der Waals surface area contributed by atoms with Crippen molar-refractivity contribution in [1.82, 2.24) is 4.98 Å². The Hall–Kier alpha value is -3.57. The van der Waals surface area contributed by atoms with Gasteiger partial charge in [0.25, 0.3) is 18.2 Å². The quantitative estimate of drug-likeness (QED) is 0.270. The summed E-state index contributed by atoms with van der Waals surface area (Å²) >= 11 is 6.79. The Morgan fingerprint density at radius 1 is 1.25 bits per heavy atom. The summed E-state index contributed by atoms with van der Waals surface area (Å²) in [6, 6.07) is 7.91. The van der Waals surface area contributed by atoms with Crippen LogP contribution in [0.2, 0.25) is 5.02 Å². The number of alkyl halides is 2. The molecule has 3 aromatic heterocycles. The molecule has 12 heteroatoms. The van der Waals surface area contributed by atoms with Crippen molar-refractivity contribution < 1.29 is 31.9 Å². The zero-order valence-electron chi connectivity index (χ0n) is 18.3. The molecule has 36 heavy (non-hydrogen) atoms. The second-order valence-electron chi connectivity index (χ2n) is 8.15. The number of nitrogens with one attached hydrogen (secondary N) is 1. The first-order chi connectivity index (χ1) is 17.2. The smallest absolute Gasteiger partial charge is 0.291 e. The summed E-state index contributed by atoms with van der Waals surface area (Å²) < 4.78 is 51.1. The topological polar surface area (TPSA) is 107 Å². The van der Waals surface area contributed by atoms with Crippen LogP contribution >= 0.6 is 22.9 Å². The van der Waals surface area contributed by atoms with Crippen molar-refractivity contribution in [3.8, 4) is 5.75 Å². The lowest BCUT2D eigenvalue weighted by Crippen LogP contribution is -2.16. The molecule has 0 bridgehead atoms. The number of pyridine rings is 1. The molecule has 2 amide bonds. The number of amides is 2. The Morgan fingerprint density at radius 3 is 2.69 bits per heavy atom. The minimum absolute atomic E-state index is 0.000214. The number of benzene rings is 1. The molecule has 0 radical (unpaired) electrons. The van der Waals surface area contributed by atoms with Crippen molar-refractivity contribution >= 4 is 50.7 Å². The molecular weight excluding hydrogens is 519 g/mol. The average Bonchev–Trinajstić information content (AvgIpc) is 3.45. The molecule has 1 saturated carbocycles. The second kappa shape index (κ2) is 9.47. The van der Waals surface area contributed by atoms with Crippen LogP contribution in [-0.4, -0.2) is 16.8 Å². The minimum atomic E-state index is -2.78. The number of hydrogen-bond acceptors (Lipinski definition) is 6.